The van der Waals surface area contributed by atoms with Gasteiger partial charge in [0.1, 0.15) is 12.1 Å². The number of amides is 1. The van der Waals surface area contributed by atoms with Gasteiger partial charge in [-0.2, -0.15) is 18.4 Å². The smallest absolute Gasteiger partial charge is 0.368 e. The molecule has 0 spiro atoms. The molecule has 1 heterocycles. The molecule has 1 unspecified atom stereocenters. The van der Waals surface area contributed by atoms with E-state index in [0.29, 0.717) is 25.1 Å². The number of hydrogen-bond acceptors (Lipinski definition) is 3. The molecular weight excluding hydrogens is 271 g/mol. The van der Waals surface area contributed by atoms with Crippen LogP contribution in [-0.4, -0.2) is 18.5 Å². The van der Waals surface area contributed by atoms with E-state index in [0.717, 1.165) is 12.1 Å². The minimum atomic E-state index is -4.50. The van der Waals surface area contributed by atoms with Crippen molar-refractivity contribution in [2.75, 3.05) is 11.4 Å². The molecule has 0 radical (unpaired) electrons. The monoisotopic (exact) mass is 283 g/mol. The van der Waals surface area contributed by atoms with Crippen molar-refractivity contribution >= 4 is 11.6 Å². The van der Waals surface area contributed by atoms with Crippen molar-refractivity contribution in [1.82, 2.24) is 0 Å². The third-order valence-corrected chi connectivity index (χ3v) is 3.33. The first-order valence-corrected chi connectivity index (χ1v) is 6.02. The first-order chi connectivity index (χ1) is 9.34. The second-order valence-corrected chi connectivity index (χ2v) is 4.60. The standard InChI is InChI=1S/C13H12F3N3O/c14-13(15,16)9-3-4-10(8(6-9)7-17)19-5-1-2-11(19)12(18)20/h3-4,6,11H,1-2,5H2,(H2,18,20). The number of nitrogens with zero attached hydrogens (tertiary/aromatic N) is 2. The molecule has 1 aliphatic heterocycles. The molecule has 1 saturated heterocycles. The maximum absolute atomic E-state index is 12.6. The highest BCUT2D eigenvalue weighted by atomic mass is 19.4. The van der Waals surface area contributed by atoms with Crippen LogP contribution in [0, 0.1) is 11.3 Å². The van der Waals surface area contributed by atoms with Gasteiger partial charge in [0.05, 0.1) is 16.8 Å². The highest BCUT2D eigenvalue weighted by Gasteiger charge is 2.34. The Morgan fingerprint density at radius 1 is 1.45 bits per heavy atom. The number of carbonyl (C=O) groups is 1. The van der Waals surface area contributed by atoms with Crippen LogP contribution in [0.1, 0.15) is 24.0 Å². The quantitative estimate of drug-likeness (QED) is 0.902. The van der Waals surface area contributed by atoms with Crippen molar-refractivity contribution in [1.29, 1.82) is 5.26 Å². The Balaban J connectivity index is 2.43. The van der Waals surface area contributed by atoms with Gasteiger partial charge in [0.25, 0.3) is 0 Å². The molecule has 0 aliphatic carbocycles. The lowest BCUT2D eigenvalue weighted by molar-refractivity contribution is -0.137. The maximum Gasteiger partial charge on any atom is 0.416 e. The van der Waals surface area contributed by atoms with E-state index in [2.05, 4.69) is 0 Å². The Labute approximate surface area is 113 Å². The van der Waals surface area contributed by atoms with Gasteiger partial charge in [-0.3, -0.25) is 4.79 Å². The zero-order valence-corrected chi connectivity index (χ0v) is 10.4. The summed E-state index contributed by atoms with van der Waals surface area (Å²) < 4.78 is 37.9. The number of primary amides is 1. The Kier molecular flexibility index (Phi) is 3.57. The molecule has 20 heavy (non-hydrogen) atoms. The van der Waals surface area contributed by atoms with E-state index in [1.165, 1.54) is 6.07 Å². The molecule has 106 valence electrons. The van der Waals surface area contributed by atoms with E-state index >= 15 is 0 Å². The van der Waals surface area contributed by atoms with Crippen LogP contribution in [0.25, 0.3) is 0 Å². The van der Waals surface area contributed by atoms with Crippen LogP contribution in [0.4, 0.5) is 18.9 Å². The number of nitrogens with two attached hydrogens (primary N) is 1. The molecule has 1 aliphatic rings. The van der Waals surface area contributed by atoms with Gasteiger partial charge < -0.3 is 10.6 Å². The van der Waals surface area contributed by atoms with Crippen LogP contribution in [0.5, 0.6) is 0 Å². The van der Waals surface area contributed by atoms with Crippen LogP contribution in [0.3, 0.4) is 0 Å². The van der Waals surface area contributed by atoms with Crippen molar-refractivity contribution in [2.45, 2.75) is 25.1 Å². The molecule has 1 atom stereocenters. The van der Waals surface area contributed by atoms with Crippen LogP contribution >= 0.6 is 0 Å². The summed E-state index contributed by atoms with van der Waals surface area (Å²) in [6.07, 6.45) is -3.25. The topological polar surface area (TPSA) is 70.1 Å². The fourth-order valence-electron chi connectivity index (χ4n) is 2.40. The summed E-state index contributed by atoms with van der Waals surface area (Å²) in [5.41, 5.74) is 4.61. The van der Waals surface area contributed by atoms with Gasteiger partial charge in [0.2, 0.25) is 5.91 Å². The van der Waals surface area contributed by atoms with E-state index < -0.39 is 23.7 Å². The Morgan fingerprint density at radius 2 is 2.15 bits per heavy atom. The number of halogens is 3. The van der Waals surface area contributed by atoms with E-state index in [-0.39, 0.29) is 5.56 Å². The Morgan fingerprint density at radius 3 is 2.70 bits per heavy atom. The van der Waals surface area contributed by atoms with Gasteiger partial charge in [0.15, 0.2) is 0 Å². The van der Waals surface area contributed by atoms with Gasteiger partial charge in [0, 0.05) is 6.54 Å². The average Bonchev–Trinajstić information content (AvgIpc) is 2.86. The zero-order chi connectivity index (χ0) is 14.9. The lowest BCUT2D eigenvalue weighted by Crippen LogP contribution is -2.40. The lowest BCUT2D eigenvalue weighted by atomic mass is 10.1. The zero-order valence-electron chi connectivity index (χ0n) is 10.4. The van der Waals surface area contributed by atoms with Crippen molar-refractivity contribution < 1.29 is 18.0 Å². The molecule has 4 nitrogen and oxygen atoms in total. The van der Waals surface area contributed by atoms with E-state index in [9.17, 15) is 18.0 Å². The number of carbonyl (C=O) groups excluding carboxylic acids is 1. The van der Waals surface area contributed by atoms with Gasteiger partial charge in [-0.1, -0.05) is 0 Å². The molecule has 0 aromatic heterocycles. The van der Waals surface area contributed by atoms with Crippen molar-refractivity contribution in [3.63, 3.8) is 0 Å². The summed E-state index contributed by atoms with van der Waals surface area (Å²) in [7, 11) is 0. The molecule has 0 bridgehead atoms. The van der Waals surface area contributed by atoms with Gasteiger partial charge >= 0.3 is 6.18 Å². The molecular formula is C13H12F3N3O. The first-order valence-electron chi connectivity index (χ1n) is 6.02. The highest BCUT2D eigenvalue weighted by molar-refractivity contribution is 5.85. The third-order valence-electron chi connectivity index (χ3n) is 3.33. The van der Waals surface area contributed by atoms with Crippen LogP contribution in [-0.2, 0) is 11.0 Å². The van der Waals surface area contributed by atoms with Crippen molar-refractivity contribution in [3.8, 4) is 6.07 Å². The van der Waals surface area contributed by atoms with Crippen molar-refractivity contribution in [2.24, 2.45) is 5.73 Å². The van der Waals surface area contributed by atoms with Crippen LogP contribution in [0.2, 0.25) is 0 Å². The summed E-state index contributed by atoms with van der Waals surface area (Å²) in [4.78, 5) is 12.9. The predicted octanol–water partition coefficient (Wildman–Crippen LogP) is 2.03. The second-order valence-electron chi connectivity index (χ2n) is 4.60. The molecule has 1 aromatic carbocycles. The predicted molar refractivity (Wildman–Crippen MR) is 65.7 cm³/mol. The third kappa shape index (κ3) is 2.54. The molecule has 1 fully saturated rings. The van der Waals surface area contributed by atoms with Crippen LogP contribution in [0.15, 0.2) is 18.2 Å². The highest BCUT2D eigenvalue weighted by Crippen LogP contribution is 2.34. The van der Waals surface area contributed by atoms with Crippen molar-refractivity contribution in [3.05, 3.63) is 29.3 Å². The maximum atomic E-state index is 12.6. The summed E-state index contributed by atoms with van der Waals surface area (Å²) in [5, 5.41) is 9.03. The SMILES string of the molecule is N#Cc1cc(C(F)(F)F)ccc1N1CCCC1C(N)=O. The fraction of sp³-hybridized carbons (Fsp3) is 0.385. The minimum absolute atomic E-state index is 0.104. The summed E-state index contributed by atoms with van der Waals surface area (Å²) >= 11 is 0. The number of benzene rings is 1. The van der Waals surface area contributed by atoms with E-state index in [4.69, 9.17) is 11.0 Å². The Bertz CT molecular complexity index is 577. The first kappa shape index (κ1) is 14.2. The number of hydrogen-bond donors (Lipinski definition) is 1. The molecule has 2 N–H and O–H groups in total. The number of alkyl halides is 3. The number of rotatable bonds is 2. The van der Waals surface area contributed by atoms with Crippen LogP contribution < -0.4 is 10.6 Å². The largest absolute Gasteiger partial charge is 0.416 e. The van der Waals surface area contributed by atoms with E-state index in [1.54, 1.807) is 11.0 Å². The van der Waals surface area contributed by atoms with Gasteiger partial charge in [-0.05, 0) is 31.0 Å². The molecule has 1 amide bonds. The van der Waals surface area contributed by atoms with E-state index in [1.807, 2.05) is 0 Å². The Hall–Kier alpha value is -2.23. The molecule has 7 heteroatoms. The normalized spacial score (nSPS) is 18.9. The second kappa shape index (κ2) is 5.04. The lowest BCUT2D eigenvalue weighted by Gasteiger charge is -2.25. The fourth-order valence-corrected chi connectivity index (χ4v) is 2.40. The summed E-state index contributed by atoms with van der Waals surface area (Å²) in [6.45, 7) is 0.494. The summed E-state index contributed by atoms with van der Waals surface area (Å²) in [5.74, 6) is -0.536. The van der Waals surface area contributed by atoms with Gasteiger partial charge in [-0.25, -0.2) is 0 Å². The minimum Gasteiger partial charge on any atom is -0.368 e. The molecule has 1 aromatic rings. The summed E-state index contributed by atoms with van der Waals surface area (Å²) in [6, 6.07) is 4.11. The number of nitriles is 1. The molecule has 0 saturated carbocycles. The van der Waals surface area contributed by atoms with Gasteiger partial charge in [-0.15, -0.1) is 0 Å². The average molecular weight is 283 g/mol. The molecule has 2 rings (SSSR count). The number of anilines is 1.